The Labute approximate surface area is 115 Å². The lowest BCUT2D eigenvalue weighted by molar-refractivity contribution is 0.108. The van der Waals surface area contributed by atoms with Gasteiger partial charge in [0.15, 0.2) is 0 Å². The van der Waals surface area contributed by atoms with Crippen molar-refractivity contribution in [2.24, 2.45) is 0 Å². The normalized spacial score (nSPS) is 10.5. The van der Waals surface area contributed by atoms with Crippen molar-refractivity contribution in [2.45, 2.75) is 40.0 Å². The highest BCUT2D eigenvalue weighted by molar-refractivity contribution is 5.38. The summed E-state index contributed by atoms with van der Waals surface area (Å²) >= 11 is 0. The van der Waals surface area contributed by atoms with Crippen molar-refractivity contribution in [3.8, 4) is 5.88 Å². The molecule has 0 amide bonds. The number of nitrogens with zero attached hydrogens (tertiary/aromatic N) is 2. The standard InChI is InChI=1S/C14H25N3O2/c1-4-7-12-16-13(15-8-5-2)11-14(17-12)19-10-9-18-6-3/h11H,4-10H2,1-3H3,(H,15,16,17). The summed E-state index contributed by atoms with van der Waals surface area (Å²) in [4.78, 5) is 8.87. The number of rotatable bonds is 10. The Hall–Kier alpha value is -1.36. The maximum absolute atomic E-state index is 5.60. The second-order valence-corrected chi connectivity index (χ2v) is 4.23. The molecule has 0 bridgehead atoms. The van der Waals surface area contributed by atoms with Gasteiger partial charge in [-0.1, -0.05) is 13.8 Å². The molecule has 0 aliphatic carbocycles. The zero-order chi connectivity index (χ0) is 13.9. The molecule has 5 nitrogen and oxygen atoms in total. The number of anilines is 1. The molecule has 0 aromatic carbocycles. The molecule has 0 saturated heterocycles. The van der Waals surface area contributed by atoms with Crippen molar-refractivity contribution in [1.82, 2.24) is 9.97 Å². The zero-order valence-corrected chi connectivity index (χ0v) is 12.2. The Kier molecular flexibility index (Phi) is 7.89. The minimum absolute atomic E-state index is 0.517. The monoisotopic (exact) mass is 267 g/mol. The van der Waals surface area contributed by atoms with Crippen LogP contribution >= 0.6 is 0 Å². The van der Waals surface area contributed by atoms with Crippen molar-refractivity contribution < 1.29 is 9.47 Å². The molecule has 0 fully saturated rings. The second-order valence-electron chi connectivity index (χ2n) is 4.23. The SMILES string of the molecule is CCCNc1cc(OCCOCC)nc(CCC)n1. The molecule has 1 heterocycles. The van der Waals surface area contributed by atoms with E-state index in [1.165, 1.54) is 0 Å². The lowest BCUT2D eigenvalue weighted by Crippen LogP contribution is -2.10. The molecule has 1 N–H and O–H groups in total. The summed E-state index contributed by atoms with van der Waals surface area (Å²) in [5.41, 5.74) is 0. The van der Waals surface area contributed by atoms with E-state index in [4.69, 9.17) is 9.47 Å². The Morgan fingerprint density at radius 1 is 1.11 bits per heavy atom. The van der Waals surface area contributed by atoms with Crippen molar-refractivity contribution in [1.29, 1.82) is 0 Å². The highest BCUT2D eigenvalue weighted by Gasteiger charge is 2.05. The van der Waals surface area contributed by atoms with Gasteiger partial charge >= 0.3 is 0 Å². The predicted molar refractivity (Wildman–Crippen MR) is 76.8 cm³/mol. The largest absolute Gasteiger partial charge is 0.475 e. The van der Waals surface area contributed by atoms with Gasteiger partial charge in [-0.2, -0.15) is 4.98 Å². The second kappa shape index (κ2) is 9.55. The van der Waals surface area contributed by atoms with Crippen LogP contribution in [0.5, 0.6) is 5.88 Å². The van der Waals surface area contributed by atoms with Crippen LogP contribution in [0.3, 0.4) is 0 Å². The molecule has 0 aliphatic heterocycles. The number of hydrogen-bond donors (Lipinski definition) is 1. The molecule has 1 rings (SSSR count). The summed E-state index contributed by atoms with van der Waals surface area (Å²) in [5.74, 6) is 2.29. The Morgan fingerprint density at radius 3 is 2.63 bits per heavy atom. The van der Waals surface area contributed by atoms with E-state index in [1.54, 1.807) is 0 Å². The first-order chi connectivity index (χ1) is 9.30. The van der Waals surface area contributed by atoms with Crippen LogP contribution in [0.15, 0.2) is 6.07 Å². The molecule has 0 unspecified atom stereocenters. The van der Waals surface area contributed by atoms with E-state index in [1.807, 2.05) is 13.0 Å². The minimum atomic E-state index is 0.517. The van der Waals surface area contributed by atoms with E-state index in [0.29, 0.717) is 25.7 Å². The fourth-order valence-electron chi connectivity index (χ4n) is 1.58. The van der Waals surface area contributed by atoms with Crippen LogP contribution in [0.25, 0.3) is 0 Å². The summed E-state index contributed by atoms with van der Waals surface area (Å²) in [6.45, 7) is 8.92. The van der Waals surface area contributed by atoms with E-state index in [0.717, 1.165) is 37.4 Å². The van der Waals surface area contributed by atoms with Gasteiger partial charge in [-0.05, 0) is 19.8 Å². The summed E-state index contributed by atoms with van der Waals surface area (Å²) in [6, 6.07) is 1.85. The van der Waals surface area contributed by atoms with E-state index < -0.39 is 0 Å². The third kappa shape index (κ3) is 6.38. The maximum atomic E-state index is 5.60. The summed E-state index contributed by atoms with van der Waals surface area (Å²) in [7, 11) is 0. The van der Waals surface area contributed by atoms with Crippen molar-refractivity contribution in [3.63, 3.8) is 0 Å². The van der Waals surface area contributed by atoms with Crippen molar-refractivity contribution in [2.75, 3.05) is 31.7 Å². The van der Waals surface area contributed by atoms with E-state index >= 15 is 0 Å². The molecule has 108 valence electrons. The van der Waals surface area contributed by atoms with Gasteiger partial charge < -0.3 is 14.8 Å². The summed E-state index contributed by atoms with van der Waals surface area (Å²) < 4.78 is 10.8. The first-order valence-electron chi connectivity index (χ1n) is 7.12. The fraction of sp³-hybridized carbons (Fsp3) is 0.714. The van der Waals surface area contributed by atoms with Crippen LogP contribution in [0.2, 0.25) is 0 Å². The Balaban J connectivity index is 2.63. The third-order valence-corrected chi connectivity index (χ3v) is 2.46. The van der Waals surface area contributed by atoms with Crippen LogP contribution in [-0.2, 0) is 11.2 Å². The lowest BCUT2D eigenvalue weighted by atomic mass is 10.3. The molecule has 1 aromatic rings. The molecule has 0 saturated carbocycles. The van der Waals surface area contributed by atoms with Gasteiger partial charge in [0.2, 0.25) is 5.88 Å². The molecular weight excluding hydrogens is 242 g/mol. The first kappa shape index (κ1) is 15.7. The lowest BCUT2D eigenvalue weighted by Gasteiger charge is -2.10. The number of ether oxygens (including phenoxy) is 2. The molecular formula is C14H25N3O2. The molecule has 0 atom stereocenters. The average Bonchev–Trinajstić information content (AvgIpc) is 2.42. The topological polar surface area (TPSA) is 56.3 Å². The van der Waals surface area contributed by atoms with Crippen molar-refractivity contribution >= 4 is 5.82 Å². The van der Waals surface area contributed by atoms with E-state index in [-0.39, 0.29) is 0 Å². The van der Waals surface area contributed by atoms with Gasteiger partial charge in [0.05, 0.1) is 6.61 Å². The quantitative estimate of drug-likeness (QED) is 0.660. The highest BCUT2D eigenvalue weighted by atomic mass is 16.5. The van der Waals surface area contributed by atoms with Crippen LogP contribution in [0.4, 0.5) is 5.82 Å². The number of aryl methyl sites for hydroxylation is 1. The van der Waals surface area contributed by atoms with E-state index in [2.05, 4.69) is 29.1 Å². The fourth-order valence-corrected chi connectivity index (χ4v) is 1.58. The molecule has 0 radical (unpaired) electrons. The van der Waals surface area contributed by atoms with Crippen LogP contribution in [0, 0.1) is 0 Å². The van der Waals surface area contributed by atoms with Gasteiger partial charge in [0, 0.05) is 25.6 Å². The van der Waals surface area contributed by atoms with Gasteiger partial charge in [-0.3, -0.25) is 0 Å². The summed E-state index contributed by atoms with van der Waals surface area (Å²) in [6.07, 6.45) is 2.95. The van der Waals surface area contributed by atoms with Gasteiger partial charge in [0.25, 0.3) is 0 Å². The van der Waals surface area contributed by atoms with Gasteiger partial charge in [-0.15, -0.1) is 0 Å². The van der Waals surface area contributed by atoms with Crippen LogP contribution < -0.4 is 10.1 Å². The zero-order valence-electron chi connectivity index (χ0n) is 12.2. The molecule has 0 aliphatic rings. The predicted octanol–water partition coefficient (Wildman–Crippen LogP) is 2.67. The molecule has 5 heteroatoms. The first-order valence-corrected chi connectivity index (χ1v) is 7.12. The number of aromatic nitrogens is 2. The van der Waals surface area contributed by atoms with Crippen LogP contribution in [0.1, 0.15) is 39.4 Å². The maximum Gasteiger partial charge on any atom is 0.218 e. The average molecular weight is 267 g/mol. The Bertz CT molecular complexity index is 359. The van der Waals surface area contributed by atoms with E-state index in [9.17, 15) is 0 Å². The minimum Gasteiger partial charge on any atom is -0.475 e. The molecule has 19 heavy (non-hydrogen) atoms. The molecule has 1 aromatic heterocycles. The Morgan fingerprint density at radius 2 is 1.95 bits per heavy atom. The number of nitrogens with one attached hydrogen (secondary N) is 1. The van der Waals surface area contributed by atoms with Gasteiger partial charge in [-0.25, -0.2) is 4.98 Å². The molecule has 0 spiro atoms. The summed E-state index contributed by atoms with van der Waals surface area (Å²) in [5, 5.41) is 3.27. The van der Waals surface area contributed by atoms with Crippen LogP contribution in [-0.4, -0.2) is 36.3 Å². The highest BCUT2D eigenvalue weighted by Crippen LogP contribution is 2.14. The van der Waals surface area contributed by atoms with Gasteiger partial charge in [0.1, 0.15) is 18.2 Å². The van der Waals surface area contributed by atoms with Crippen molar-refractivity contribution in [3.05, 3.63) is 11.9 Å². The smallest absolute Gasteiger partial charge is 0.218 e. The number of hydrogen-bond acceptors (Lipinski definition) is 5. The third-order valence-electron chi connectivity index (χ3n) is 2.46.